The van der Waals surface area contributed by atoms with E-state index in [1.165, 1.54) is 30.7 Å². The maximum atomic E-state index is 6.30. The van der Waals surface area contributed by atoms with Crippen molar-refractivity contribution in [1.82, 2.24) is 10.2 Å². The Morgan fingerprint density at radius 2 is 1.75 bits per heavy atom. The van der Waals surface area contributed by atoms with Gasteiger partial charge >= 0.3 is 0 Å². The molecule has 3 nitrogen and oxygen atoms in total. The Kier molecular flexibility index (Phi) is 3.08. The van der Waals surface area contributed by atoms with Gasteiger partial charge in [-0.25, -0.2) is 0 Å². The summed E-state index contributed by atoms with van der Waals surface area (Å²) in [5.41, 5.74) is 7.42. The number of hydrogen-bond acceptors (Lipinski definition) is 4. The second-order valence-electron chi connectivity index (χ2n) is 6.00. The first kappa shape index (κ1) is 12.5. The monoisotopic (exact) mass is 285 g/mol. The molecule has 1 heterocycles. The predicted molar refractivity (Wildman–Crippen MR) is 80.6 cm³/mol. The van der Waals surface area contributed by atoms with E-state index in [4.69, 9.17) is 5.73 Å². The van der Waals surface area contributed by atoms with Gasteiger partial charge in [-0.1, -0.05) is 54.5 Å². The molecular formula is C16H19N3S. The largest absolute Gasteiger partial charge is 0.318 e. The lowest BCUT2D eigenvalue weighted by Crippen LogP contribution is -2.11. The molecule has 4 rings (SSSR count). The van der Waals surface area contributed by atoms with Crippen LogP contribution in [0.25, 0.3) is 0 Å². The Morgan fingerprint density at radius 1 is 1.05 bits per heavy atom. The normalized spacial score (nSPS) is 29.8. The van der Waals surface area contributed by atoms with Crippen molar-refractivity contribution in [1.29, 1.82) is 0 Å². The van der Waals surface area contributed by atoms with Crippen LogP contribution in [0.4, 0.5) is 0 Å². The van der Waals surface area contributed by atoms with Crippen molar-refractivity contribution >= 4 is 11.3 Å². The van der Waals surface area contributed by atoms with E-state index in [2.05, 4.69) is 22.3 Å². The Hall–Kier alpha value is -1.26. The molecule has 0 bridgehead atoms. The number of fused-ring (bicyclic) bond motifs is 1. The van der Waals surface area contributed by atoms with E-state index in [0.29, 0.717) is 5.92 Å². The van der Waals surface area contributed by atoms with Crippen molar-refractivity contribution in [2.24, 2.45) is 17.6 Å². The Labute approximate surface area is 123 Å². The van der Waals surface area contributed by atoms with Gasteiger partial charge in [-0.05, 0) is 30.2 Å². The number of nitrogens with two attached hydrogens (primary N) is 1. The van der Waals surface area contributed by atoms with Crippen molar-refractivity contribution in [2.45, 2.75) is 37.6 Å². The van der Waals surface area contributed by atoms with Crippen molar-refractivity contribution in [3.8, 4) is 0 Å². The molecule has 104 valence electrons. The Bertz CT molecular complexity index is 583. The minimum absolute atomic E-state index is 0.136. The van der Waals surface area contributed by atoms with Crippen LogP contribution in [0.15, 0.2) is 30.3 Å². The molecule has 3 unspecified atom stereocenters. The van der Waals surface area contributed by atoms with E-state index in [1.807, 2.05) is 18.2 Å². The molecule has 1 aromatic heterocycles. The second-order valence-corrected chi connectivity index (χ2v) is 7.05. The highest BCUT2D eigenvalue weighted by Gasteiger charge is 2.53. The molecular weight excluding hydrogens is 266 g/mol. The van der Waals surface area contributed by atoms with E-state index < -0.39 is 0 Å². The highest BCUT2D eigenvalue weighted by molar-refractivity contribution is 7.11. The summed E-state index contributed by atoms with van der Waals surface area (Å²) in [6.07, 6.45) is 5.56. The lowest BCUT2D eigenvalue weighted by Gasteiger charge is -2.06. The first-order valence-electron chi connectivity index (χ1n) is 7.48. The van der Waals surface area contributed by atoms with Crippen LogP contribution in [-0.4, -0.2) is 10.2 Å². The van der Waals surface area contributed by atoms with E-state index in [-0.39, 0.29) is 6.04 Å². The lowest BCUT2D eigenvalue weighted by molar-refractivity contribution is 0.480. The fraction of sp³-hybridized carbons (Fsp3) is 0.500. The zero-order valence-corrected chi connectivity index (χ0v) is 12.2. The molecule has 0 amide bonds. The summed E-state index contributed by atoms with van der Waals surface area (Å²) in [6, 6.07) is 10.0. The van der Waals surface area contributed by atoms with Crippen LogP contribution < -0.4 is 5.73 Å². The number of aromatic nitrogens is 2. The molecule has 2 aromatic rings. The summed E-state index contributed by atoms with van der Waals surface area (Å²) in [4.78, 5) is 0. The van der Waals surface area contributed by atoms with E-state index in [0.717, 1.165) is 22.4 Å². The summed E-state index contributed by atoms with van der Waals surface area (Å²) < 4.78 is 0. The van der Waals surface area contributed by atoms with E-state index in [9.17, 15) is 0 Å². The van der Waals surface area contributed by atoms with Crippen molar-refractivity contribution in [2.75, 3.05) is 0 Å². The summed E-state index contributed by atoms with van der Waals surface area (Å²) in [5.74, 6) is 2.46. The number of benzene rings is 1. The standard InChI is InChI=1S/C16H19N3S/c17-14(10-6-2-1-3-7-10)16-19-18-15(20-16)13-11-8-4-5-9-12(11)13/h1-3,6-7,11-14H,4-5,8-9,17H2. The van der Waals surface area contributed by atoms with Crippen LogP contribution in [0.5, 0.6) is 0 Å². The van der Waals surface area contributed by atoms with Crippen LogP contribution in [0.3, 0.4) is 0 Å². The third-order valence-electron chi connectivity index (χ3n) is 4.82. The van der Waals surface area contributed by atoms with E-state index in [1.54, 1.807) is 11.3 Å². The Morgan fingerprint density at radius 3 is 2.45 bits per heavy atom. The van der Waals surface area contributed by atoms with Crippen LogP contribution in [0.2, 0.25) is 0 Å². The van der Waals surface area contributed by atoms with Gasteiger partial charge in [0.05, 0.1) is 6.04 Å². The maximum absolute atomic E-state index is 6.30. The number of nitrogens with zero attached hydrogens (tertiary/aromatic N) is 2. The van der Waals surface area contributed by atoms with E-state index >= 15 is 0 Å². The molecule has 2 saturated carbocycles. The molecule has 0 radical (unpaired) electrons. The molecule has 4 heteroatoms. The topological polar surface area (TPSA) is 51.8 Å². The molecule has 0 saturated heterocycles. The van der Waals surface area contributed by atoms with Crippen LogP contribution in [-0.2, 0) is 0 Å². The summed E-state index contributed by atoms with van der Waals surface area (Å²) in [5, 5.41) is 11.0. The summed E-state index contributed by atoms with van der Waals surface area (Å²) in [6.45, 7) is 0. The molecule has 1 aromatic carbocycles. The van der Waals surface area contributed by atoms with Gasteiger partial charge in [0.25, 0.3) is 0 Å². The fourth-order valence-corrected chi connectivity index (χ4v) is 4.79. The van der Waals surface area contributed by atoms with Crippen molar-refractivity contribution in [3.63, 3.8) is 0 Å². The summed E-state index contributed by atoms with van der Waals surface area (Å²) >= 11 is 1.73. The van der Waals surface area contributed by atoms with Gasteiger partial charge in [0, 0.05) is 5.92 Å². The minimum atomic E-state index is -0.136. The molecule has 2 aliphatic carbocycles. The minimum Gasteiger partial charge on any atom is -0.318 e. The molecule has 20 heavy (non-hydrogen) atoms. The highest BCUT2D eigenvalue weighted by Crippen LogP contribution is 2.61. The molecule has 2 fully saturated rings. The quantitative estimate of drug-likeness (QED) is 0.939. The number of rotatable bonds is 3. The maximum Gasteiger partial charge on any atom is 0.138 e. The van der Waals surface area contributed by atoms with Gasteiger partial charge in [0.1, 0.15) is 10.0 Å². The predicted octanol–water partition coefficient (Wildman–Crippen LogP) is 3.49. The summed E-state index contributed by atoms with van der Waals surface area (Å²) in [7, 11) is 0. The third kappa shape index (κ3) is 2.07. The van der Waals surface area contributed by atoms with Crippen molar-refractivity contribution < 1.29 is 0 Å². The smallest absolute Gasteiger partial charge is 0.138 e. The van der Waals surface area contributed by atoms with Gasteiger partial charge in [0.2, 0.25) is 0 Å². The third-order valence-corrected chi connectivity index (χ3v) is 5.93. The van der Waals surface area contributed by atoms with Gasteiger partial charge in [-0.15, -0.1) is 10.2 Å². The van der Waals surface area contributed by atoms with Gasteiger partial charge < -0.3 is 5.73 Å². The second kappa shape index (κ2) is 4.93. The van der Waals surface area contributed by atoms with Crippen LogP contribution >= 0.6 is 11.3 Å². The molecule has 0 aliphatic heterocycles. The zero-order chi connectivity index (χ0) is 13.5. The van der Waals surface area contributed by atoms with Crippen molar-refractivity contribution in [3.05, 3.63) is 45.9 Å². The Balaban J connectivity index is 1.54. The fourth-order valence-electron chi connectivity index (χ4n) is 3.67. The lowest BCUT2D eigenvalue weighted by atomic mass is 10.0. The van der Waals surface area contributed by atoms with Crippen LogP contribution in [0, 0.1) is 11.8 Å². The average molecular weight is 285 g/mol. The van der Waals surface area contributed by atoms with Crippen LogP contribution in [0.1, 0.15) is 53.2 Å². The molecule has 2 N–H and O–H groups in total. The van der Waals surface area contributed by atoms with Gasteiger partial charge in [-0.2, -0.15) is 0 Å². The SMILES string of the molecule is NC(c1ccccc1)c1nnc(C2C3CCCCC32)s1. The molecule has 3 atom stereocenters. The van der Waals surface area contributed by atoms with Gasteiger partial charge in [0.15, 0.2) is 0 Å². The zero-order valence-electron chi connectivity index (χ0n) is 11.4. The highest BCUT2D eigenvalue weighted by atomic mass is 32.1. The first-order chi connectivity index (χ1) is 9.84. The molecule has 0 spiro atoms. The first-order valence-corrected chi connectivity index (χ1v) is 8.30. The number of hydrogen-bond donors (Lipinski definition) is 1. The van der Waals surface area contributed by atoms with Gasteiger partial charge in [-0.3, -0.25) is 0 Å². The average Bonchev–Trinajstić information content (AvgIpc) is 3.04. The molecule has 2 aliphatic rings.